The van der Waals surface area contributed by atoms with Gasteiger partial charge in [-0.1, -0.05) is 18.2 Å². The Morgan fingerprint density at radius 3 is 3.06 bits per heavy atom. The molecule has 1 aliphatic heterocycles. The van der Waals surface area contributed by atoms with Crippen LogP contribution in [0.3, 0.4) is 0 Å². The molecule has 1 fully saturated rings. The fourth-order valence-corrected chi connectivity index (χ4v) is 2.14. The minimum Gasteiger partial charge on any atom is -0.496 e. The average molecular weight is 236 g/mol. The van der Waals surface area contributed by atoms with Gasteiger partial charge in [-0.25, -0.2) is 0 Å². The molecule has 1 aliphatic rings. The molecule has 1 heterocycles. The first-order valence-electron chi connectivity index (χ1n) is 5.99. The van der Waals surface area contributed by atoms with E-state index in [1.54, 1.807) is 7.11 Å². The van der Waals surface area contributed by atoms with Gasteiger partial charge < -0.3 is 15.2 Å². The van der Waals surface area contributed by atoms with E-state index < -0.39 is 0 Å². The molecule has 1 aromatic carbocycles. The van der Waals surface area contributed by atoms with Gasteiger partial charge in [-0.15, -0.1) is 0 Å². The highest BCUT2D eigenvalue weighted by Gasteiger charge is 2.19. The maximum Gasteiger partial charge on any atom is 0.123 e. The molecule has 0 amide bonds. The van der Waals surface area contributed by atoms with Crippen LogP contribution >= 0.6 is 0 Å². The molecule has 0 aromatic heterocycles. The molecule has 2 rings (SSSR count). The number of rotatable bonds is 4. The van der Waals surface area contributed by atoms with Crippen molar-refractivity contribution in [3.05, 3.63) is 29.8 Å². The molecular weight excluding hydrogens is 216 g/mol. The second-order valence-corrected chi connectivity index (χ2v) is 4.28. The molecule has 1 unspecified atom stereocenters. The Bertz CT molecular complexity index is 357. The Hall–Kier alpha value is -1.10. The lowest BCUT2D eigenvalue weighted by atomic mass is 10.1. The van der Waals surface area contributed by atoms with Gasteiger partial charge in [-0.3, -0.25) is 4.90 Å². The van der Waals surface area contributed by atoms with Crippen molar-refractivity contribution in [2.75, 3.05) is 33.4 Å². The average Bonchev–Trinajstić information content (AvgIpc) is 2.39. The predicted octanol–water partition coefficient (Wildman–Crippen LogP) is 0.855. The Morgan fingerprint density at radius 1 is 1.47 bits per heavy atom. The molecule has 0 radical (unpaired) electrons. The standard InChI is InChI=1S/C13H20N2O2/c1-16-13-5-3-2-4-11(13)9-15-6-7-17-12(8-14)10-15/h2-5,12H,6-10,14H2,1H3. The molecular formula is C13H20N2O2. The van der Waals surface area contributed by atoms with E-state index >= 15 is 0 Å². The highest BCUT2D eigenvalue weighted by Crippen LogP contribution is 2.20. The fourth-order valence-electron chi connectivity index (χ4n) is 2.14. The third-order valence-corrected chi connectivity index (χ3v) is 3.07. The van der Waals surface area contributed by atoms with Crippen molar-refractivity contribution >= 4 is 0 Å². The van der Waals surface area contributed by atoms with Crippen molar-refractivity contribution in [3.8, 4) is 5.75 Å². The van der Waals surface area contributed by atoms with Gasteiger partial charge in [0.05, 0.1) is 19.8 Å². The highest BCUT2D eigenvalue weighted by atomic mass is 16.5. The van der Waals surface area contributed by atoms with Crippen LogP contribution in [0.25, 0.3) is 0 Å². The fraction of sp³-hybridized carbons (Fsp3) is 0.538. The molecule has 17 heavy (non-hydrogen) atoms. The molecule has 94 valence electrons. The first-order valence-corrected chi connectivity index (χ1v) is 5.99. The number of nitrogens with zero attached hydrogens (tertiary/aromatic N) is 1. The third kappa shape index (κ3) is 3.19. The van der Waals surface area contributed by atoms with Crippen molar-refractivity contribution in [1.29, 1.82) is 0 Å². The number of benzene rings is 1. The lowest BCUT2D eigenvalue weighted by molar-refractivity contribution is -0.0262. The quantitative estimate of drug-likeness (QED) is 0.842. The Morgan fingerprint density at radius 2 is 2.29 bits per heavy atom. The van der Waals surface area contributed by atoms with Crippen molar-refractivity contribution in [2.24, 2.45) is 5.73 Å². The first-order chi connectivity index (χ1) is 8.33. The van der Waals surface area contributed by atoms with Crippen LogP contribution in [0.1, 0.15) is 5.56 Å². The smallest absolute Gasteiger partial charge is 0.123 e. The summed E-state index contributed by atoms with van der Waals surface area (Å²) in [4.78, 5) is 2.36. The summed E-state index contributed by atoms with van der Waals surface area (Å²) in [5, 5.41) is 0. The van der Waals surface area contributed by atoms with E-state index in [9.17, 15) is 0 Å². The molecule has 0 aliphatic carbocycles. The minimum atomic E-state index is 0.165. The Balaban J connectivity index is 2.00. The minimum absolute atomic E-state index is 0.165. The van der Waals surface area contributed by atoms with E-state index in [0.717, 1.165) is 32.0 Å². The van der Waals surface area contributed by atoms with E-state index in [4.69, 9.17) is 15.2 Å². The lowest BCUT2D eigenvalue weighted by Gasteiger charge is -2.32. The molecule has 1 atom stereocenters. The van der Waals surface area contributed by atoms with Crippen LogP contribution in [0.2, 0.25) is 0 Å². The van der Waals surface area contributed by atoms with Crippen LogP contribution in [0.5, 0.6) is 5.75 Å². The highest BCUT2D eigenvalue weighted by molar-refractivity contribution is 5.33. The van der Waals surface area contributed by atoms with Crippen LogP contribution < -0.4 is 10.5 Å². The molecule has 4 heteroatoms. The van der Waals surface area contributed by atoms with Gasteiger partial charge in [0.15, 0.2) is 0 Å². The molecule has 4 nitrogen and oxygen atoms in total. The van der Waals surface area contributed by atoms with Gasteiger partial charge >= 0.3 is 0 Å². The SMILES string of the molecule is COc1ccccc1CN1CCOC(CN)C1. The summed E-state index contributed by atoms with van der Waals surface area (Å²) in [6.45, 7) is 4.09. The number of hydrogen-bond acceptors (Lipinski definition) is 4. The zero-order chi connectivity index (χ0) is 12.1. The van der Waals surface area contributed by atoms with Gasteiger partial charge in [-0.05, 0) is 6.07 Å². The molecule has 0 spiro atoms. The first kappa shape index (κ1) is 12.4. The molecule has 0 saturated carbocycles. The van der Waals surface area contributed by atoms with Crippen LogP contribution in [-0.2, 0) is 11.3 Å². The molecule has 2 N–H and O–H groups in total. The van der Waals surface area contributed by atoms with E-state index in [0.29, 0.717) is 6.54 Å². The number of ether oxygens (including phenoxy) is 2. The summed E-state index contributed by atoms with van der Waals surface area (Å²) in [5.41, 5.74) is 6.85. The van der Waals surface area contributed by atoms with Gasteiger partial charge in [-0.2, -0.15) is 0 Å². The summed E-state index contributed by atoms with van der Waals surface area (Å²) >= 11 is 0. The number of hydrogen-bond donors (Lipinski definition) is 1. The Labute approximate surface area is 102 Å². The second-order valence-electron chi connectivity index (χ2n) is 4.28. The van der Waals surface area contributed by atoms with Gasteiger partial charge in [0, 0.05) is 31.7 Å². The number of nitrogens with two attached hydrogens (primary N) is 1. The number of methoxy groups -OCH3 is 1. The Kier molecular flexibility index (Phi) is 4.36. The summed E-state index contributed by atoms with van der Waals surface area (Å²) in [5.74, 6) is 0.947. The maximum atomic E-state index is 5.64. The predicted molar refractivity (Wildman–Crippen MR) is 67.1 cm³/mol. The largest absolute Gasteiger partial charge is 0.496 e. The van der Waals surface area contributed by atoms with E-state index in [1.165, 1.54) is 5.56 Å². The number of para-hydroxylation sites is 1. The van der Waals surface area contributed by atoms with Crippen LogP contribution in [0.15, 0.2) is 24.3 Å². The van der Waals surface area contributed by atoms with Gasteiger partial charge in [0.2, 0.25) is 0 Å². The monoisotopic (exact) mass is 236 g/mol. The molecule has 1 aromatic rings. The topological polar surface area (TPSA) is 47.7 Å². The van der Waals surface area contributed by atoms with Gasteiger partial charge in [0.25, 0.3) is 0 Å². The van der Waals surface area contributed by atoms with Crippen molar-refractivity contribution in [2.45, 2.75) is 12.6 Å². The van der Waals surface area contributed by atoms with E-state index in [-0.39, 0.29) is 6.10 Å². The normalized spacial score (nSPS) is 21.4. The maximum absolute atomic E-state index is 5.64. The number of morpholine rings is 1. The van der Waals surface area contributed by atoms with Crippen LogP contribution in [0, 0.1) is 0 Å². The van der Waals surface area contributed by atoms with E-state index in [1.807, 2.05) is 18.2 Å². The molecule has 1 saturated heterocycles. The summed E-state index contributed by atoms with van der Waals surface area (Å²) in [6, 6.07) is 8.13. The zero-order valence-electron chi connectivity index (χ0n) is 10.3. The lowest BCUT2D eigenvalue weighted by Crippen LogP contribution is -2.45. The van der Waals surface area contributed by atoms with Crippen molar-refractivity contribution in [3.63, 3.8) is 0 Å². The van der Waals surface area contributed by atoms with Crippen LogP contribution in [0.4, 0.5) is 0 Å². The second kappa shape index (κ2) is 6.00. The summed E-state index contributed by atoms with van der Waals surface area (Å²) in [6.07, 6.45) is 0.165. The van der Waals surface area contributed by atoms with Crippen LogP contribution in [-0.4, -0.2) is 44.4 Å². The van der Waals surface area contributed by atoms with Gasteiger partial charge in [0.1, 0.15) is 5.75 Å². The summed E-state index contributed by atoms with van der Waals surface area (Å²) < 4.78 is 10.9. The zero-order valence-corrected chi connectivity index (χ0v) is 10.3. The van der Waals surface area contributed by atoms with Crippen molar-refractivity contribution < 1.29 is 9.47 Å². The van der Waals surface area contributed by atoms with E-state index in [2.05, 4.69) is 11.0 Å². The molecule has 0 bridgehead atoms. The summed E-state index contributed by atoms with van der Waals surface area (Å²) in [7, 11) is 1.71. The third-order valence-electron chi connectivity index (χ3n) is 3.07. The van der Waals surface area contributed by atoms with Crippen molar-refractivity contribution in [1.82, 2.24) is 4.90 Å².